The highest BCUT2D eigenvalue weighted by molar-refractivity contribution is 7.17. The summed E-state index contributed by atoms with van der Waals surface area (Å²) in [5.41, 5.74) is 6.20. The quantitative estimate of drug-likeness (QED) is 0.720. The van der Waals surface area contributed by atoms with Gasteiger partial charge in [0.2, 0.25) is 0 Å². The standard InChI is InChI=1S/C9H13N3O2S/c1-5-7(15-9(10)11-5)8(14)12-3-2-6(13)4-12/h6,13H,2-4H2,1H3,(H2,10,11)/t6-/m0/s1. The minimum absolute atomic E-state index is 0.0711. The lowest BCUT2D eigenvalue weighted by Crippen LogP contribution is -2.29. The van der Waals surface area contributed by atoms with Gasteiger partial charge in [-0.2, -0.15) is 0 Å². The number of hydrogen-bond donors (Lipinski definition) is 2. The molecule has 1 aromatic heterocycles. The molecule has 6 heteroatoms. The van der Waals surface area contributed by atoms with Gasteiger partial charge in [-0.25, -0.2) is 4.98 Å². The summed E-state index contributed by atoms with van der Waals surface area (Å²) in [6.45, 7) is 2.79. The molecule has 82 valence electrons. The van der Waals surface area contributed by atoms with E-state index in [1.807, 2.05) is 0 Å². The average molecular weight is 227 g/mol. The van der Waals surface area contributed by atoms with E-state index in [2.05, 4.69) is 4.98 Å². The molecule has 1 atom stereocenters. The van der Waals surface area contributed by atoms with Crippen molar-refractivity contribution in [3.8, 4) is 0 Å². The minimum atomic E-state index is -0.389. The number of aromatic nitrogens is 1. The van der Waals surface area contributed by atoms with Crippen LogP contribution < -0.4 is 5.73 Å². The Labute approximate surface area is 91.5 Å². The highest BCUT2D eigenvalue weighted by Crippen LogP contribution is 2.23. The van der Waals surface area contributed by atoms with Crippen LogP contribution in [0, 0.1) is 6.92 Å². The summed E-state index contributed by atoms with van der Waals surface area (Å²) in [5, 5.41) is 9.75. The Morgan fingerprint density at radius 2 is 2.47 bits per heavy atom. The molecular weight excluding hydrogens is 214 g/mol. The van der Waals surface area contributed by atoms with Gasteiger partial charge in [-0.1, -0.05) is 11.3 Å². The van der Waals surface area contributed by atoms with E-state index in [9.17, 15) is 9.90 Å². The van der Waals surface area contributed by atoms with Gasteiger partial charge in [-0.3, -0.25) is 4.79 Å². The van der Waals surface area contributed by atoms with Crippen LogP contribution in [0.2, 0.25) is 0 Å². The van der Waals surface area contributed by atoms with E-state index in [1.165, 1.54) is 11.3 Å². The van der Waals surface area contributed by atoms with Crippen LogP contribution >= 0.6 is 11.3 Å². The number of aryl methyl sites for hydroxylation is 1. The van der Waals surface area contributed by atoms with Crippen molar-refractivity contribution in [2.45, 2.75) is 19.4 Å². The molecule has 5 nitrogen and oxygen atoms in total. The van der Waals surface area contributed by atoms with E-state index < -0.39 is 0 Å². The number of rotatable bonds is 1. The maximum absolute atomic E-state index is 12.0. The SMILES string of the molecule is Cc1nc(N)sc1C(=O)N1CC[C@H](O)C1. The second-order valence-corrected chi connectivity index (χ2v) is 4.69. The number of amides is 1. The number of anilines is 1. The van der Waals surface area contributed by atoms with Gasteiger partial charge in [0, 0.05) is 13.1 Å². The summed E-state index contributed by atoms with van der Waals surface area (Å²) < 4.78 is 0. The fourth-order valence-corrected chi connectivity index (χ4v) is 2.49. The van der Waals surface area contributed by atoms with Crippen LogP contribution in [0.5, 0.6) is 0 Å². The normalized spacial score (nSPS) is 20.9. The van der Waals surface area contributed by atoms with Crippen LogP contribution in [0.1, 0.15) is 21.8 Å². The Kier molecular flexibility index (Phi) is 2.62. The van der Waals surface area contributed by atoms with Crippen LogP contribution in [-0.4, -0.2) is 40.1 Å². The number of nitrogen functional groups attached to an aromatic ring is 1. The molecule has 3 N–H and O–H groups in total. The van der Waals surface area contributed by atoms with Crippen molar-refractivity contribution < 1.29 is 9.90 Å². The Hall–Kier alpha value is -1.14. The number of likely N-dealkylation sites (tertiary alicyclic amines) is 1. The maximum Gasteiger partial charge on any atom is 0.266 e. The van der Waals surface area contributed by atoms with Crippen molar-refractivity contribution in [2.24, 2.45) is 0 Å². The first-order chi connectivity index (χ1) is 7.08. The number of thiazole rings is 1. The molecule has 2 rings (SSSR count). The van der Waals surface area contributed by atoms with Gasteiger partial charge < -0.3 is 15.7 Å². The van der Waals surface area contributed by atoms with Crippen molar-refractivity contribution in [3.05, 3.63) is 10.6 Å². The number of carbonyl (C=O) groups excluding carboxylic acids is 1. The van der Waals surface area contributed by atoms with Gasteiger partial charge in [0.15, 0.2) is 5.13 Å². The lowest BCUT2D eigenvalue weighted by atomic mass is 10.3. The van der Waals surface area contributed by atoms with Crippen molar-refractivity contribution >= 4 is 22.4 Å². The summed E-state index contributed by atoms with van der Waals surface area (Å²) in [6, 6.07) is 0. The lowest BCUT2D eigenvalue weighted by Gasteiger charge is -2.14. The molecule has 0 saturated carbocycles. The molecule has 0 spiro atoms. The predicted molar refractivity (Wildman–Crippen MR) is 57.8 cm³/mol. The molecule has 0 unspecified atom stereocenters. The molecule has 15 heavy (non-hydrogen) atoms. The number of aliphatic hydroxyl groups is 1. The molecule has 0 radical (unpaired) electrons. The second kappa shape index (κ2) is 3.79. The van der Waals surface area contributed by atoms with Gasteiger partial charge >= 0.3 is 0 Å². The first kappa shape index (κ1) is 10.4. The monoisotopic (exact) mass is 227 g/mol. The van der Waals surface area contributed by atoms with Crippen LogP contribution in [0.4, 0.5) is 5.13 Å². The Bertz CT molecular complexity index is 391. The number of hydrogen-bond acceptors (Lipinski definition) is 5. The van der Waals surface area contributed by atoms with Crippen molar-refractivity contribution in [1.29, 1.82) is 0 Å². The smallest absolute Gasteiger partial charge is 0.266 e. The van der Waals surface area contributed by atoms with E-state index in [1.54, 1.807) is 11.8 Å². The molecule has 1 fully saturated rings. The van der Waals surface area contributed by atoms with Crippen molar-refractivity contribution in [1.82, 2.24) is 9.88 Å². The van der Waals surface area contributed by atoms with Crippen LogP contribution in [0.3, 0.4) is 0 Å². The van der Waals surface area contributed by atoms with Crippen molar-refractivity contribution in [2.75, 3.05) is 18.8 Å². The first-order valence-corrected chi connectivity index (χ1v) is 5.60. The largest absolute Gasteiger partial charge is 0.391 e. The third-order valence-electron chi connectivity index (χ3n) is 2.46. The summed E-state index contributed by atoms with van der Waals surface area (Å²) >= 11 is 1.20. The number of aliphatic hydroxyl groups excluding tert-OH is 1. The molecule has 1 aliphatic heterocycles. The zero-order valence-corrected chi connectivity index (χ0v) is 9.25. The third kappa shape index (κ3) is 1.95. The van der Waals surface area contributed by atoms with Gasteiger partial charge in [-0.05, 0) is 13.3 Å². The molecule has 0 bridgehead atoms. The molecule has 0 aromatic carbocycles. The van der Waals surface area contributed by atoms with Crippen LogP contribution in [-0.2, 0) is 0 Å². The summed E-state index contributed by atoms with van der Waals surface area (Å²) in [4.78, 5) is 18.2. The topological polar surface area (TPSA) is 79.5 Å². The Morgan fingerprint density at radius 1 is 1.73 bits per heavy atom. The van der Waals surface area contributed by atoms with Gasteiger partial charge in [-0.15, -0.1) is 0 Å². The van der Waals surface area contributed by atoms with Crippen LogP contribution in [0.25, 0.3) is 0 Å². The zero-order chi connectivity index (χ0) is 11.0. The third-order valence-corrected chi connectivity index (χ3v) is 3.43. The van der Waals surface area contributed by atoms with Gasteiger partial charge in [0.05, 0.1) is 11.8 Å². The van der Waals surface area contributed by atoms with Crippen LogP contribution in [0.15, 0.2) is 0 Å². The maximum atomic E-state index is 12.0. The number of nitrogens with two attached hydrogens (primary N) is 1. The molecule has 2 heterocycles. The predicted octanol–water partition coefficient (Wildman–Crippen LogP) is 0.241. The summed E-state index contributed by atoms with van der Waals surface area (Å²) in [7, 11) is 0. The van der Waals surface area contributed by atoms with E-state index in [0.717, 1.165) is 0 Å². The fraction of sp³-hybridized carbons (Fsp3) is 0.556. The van der Waals surface area contributed by atoms with E-state index in [-0.39, 0.29) is 12.0 Å². The molecular formula is C9H13N3O2S. The average Bonchev–Trinajstić information content (AvgIpc) is 2.71. The minimum Gasteiger partial charge on any atom is -0.391 e. The lowest BCUT2D eigenvalue weighted by molar-refractivity contribution is 0.0769. The van der Waals surface area contributed by atoms with E-state index in [4.69, 9.17) is 5.73 Å². The fourth-order valence-electron chi connectivity index (χ4n) is 1.69. The highest BCUT2D eigenvalue weighted by Gasteiger charge is 2.27. The summed E-state index contributed by atoms with van der Waals surface area (Å²) in [5.74, 6) is -0.0711. The van der Waals surface area contributed by atoms with E-state index >= 15 is 0 Å². The Balaban J connectivity index is 2.17. The summed E-state index contributed by atoms with van der Waals surface area (Å²) in [6.07, 6.45) is 0.263. The molecule has 1 aliphatic rings. The molecule has 1 saturated heterocycles. The van der Waals surface area contributed by atoms with E-state index in [0.29, 0.717) is 35.2 Å². The molecule has 1 aromatic rings. The number of β-amino-alcohol motifs (C(OH)–C–C–N with tert-alkyl or cyclic N) is 1. The Morgan fingerprint density at radius 3 is 2.93 bits per heavy atom. The number of carbonyl (C=O) groups is 1. The zero-order valence-electron chi connectivity index (χ0n) is 8.43. The highest BCUT2D eigenvalue weighted by atomic mass is 32.1. The van der Waals surface area contributed by atoms with Gasteiger partial charge in [0.25, 0.3) is 5.91 Å². The molecule has 1 amide bonds. The first-order valence-electron chi connectivity index (χ1n) is 4.78. The second-order valence-electron chi connectivity index (χ2n) is 3.66. The molecule has 0 aliphatic carbocycles. The number of nitrogens with zero attached hydrogens (tertiary/aromatic N) is 2. The van der Waals surface area contributed by atoms with Gasteiger partial charge in [0.1, 0.15) is 4.88 Å². The van der Waals surface area contributed by atoms with Crippen molar-refractivity contribution in [3.63, 3.8) is 0 Å².